The number of likely N-dealkylation sites (tertiary alicyclic amines) is 1. The van der Waals surface area contributed by atoms with Crippen molar-refractivity contribution < 1.29 is 8.42 Å². The maximum Gasteiger partial charge on any atom is 0.193 e. The molecule has 0 spiro atoms. The van der Waals surface area contributed by atoms with Gasteiger partial charge < -0.3 is 10.2 Å². The first-order valence-corrected chi connectivity index (χ1v) is 11.0. The Labute approximate surface area is 152 Å². The van der Waals surface area contributed by atoms with E-state index in [1.165, 1.54) is 25.5 Å². The molecule has 1 atom stereocenters. The molecule has 0 radical (unpaired) electrons. The lowest BCUT2D eigenvalue weighted by molar-refractivity contribution is 0.319. The minimum Gasteiger partial charge on any atom is -0.352 e. The zero-order valence-electron chi connectivity index (χ0n) is 15.8. The summed E-state index contributed by atoms with van der Waals surface area (Å²) in [6.07, 6.45) is 4.95. The molecule has 1 aliphatic rings. The number of benzene rings is 1. The molecule has 0 aromatic heterocycles. The van der Waals surface area contributed by atoms with Crippen LogP contribution in [0, 0.1) is 11.8 Å². The number of hydrogen-bond acceptors (Lipinski definition) is 3. The van der Waals surface area contributed by atoms with Gasteiger partial charge in [-0.15, -0.1) is 0 Å². The molecule has 1 unspecified atom stereocenters. The van der Waals surface area contributed by atoms with Crippen LogP contribution in [0.1, 0.15) is 38.7 Å². The quantitative estimate of drug-likeness (QED) is 0.622. The van der Waals surface area contributed by atoms with Gasteiger partial charge in [0.2, 0.25) is 0 Å². The third kappa shape index (κ3) is 5.21. The molecule has 1 heterocycles. The molecule has 0 amide bonds. The van der Waals surface area contributed by atoms with E-state index in [-0.39, 0.29) is 0 Å². The monoisotopic (exact) mass is 365 g/mol. The van der Waals surface area contributed by atoms with E-state index in [9.17, 15) is 8.42 Å². The predicted octanol–water partition coefficient (Wildman–Crippen LogP) is 2.92. The lowest BCUT2D eigenvalue weighted by Gasteiger charge is -2.24. The molecule has 1 N–H and O–H groups in total. The Balaban J connectivity index is 1.93. The molecule has 1 aromatic rings. The molecule has 5 nitrogen and oxygen atoms in total. The van der Waals surface area contributed by atoms with Crippen LogP contribution in [0.3, 0.4) is 0 Å². The SMILES string of the molecule is CCC(CC)C1CCN(C(=NC)NCc2ccc(S(C)(=O)=O)cc2)C1. The van der Waals surface area contributed by atoms with Crippen molar-refractivity contribution in [2.24, 2.45) is 16.8 Å². The van der Waals surface area contributed by atoms with Crippen molar-refractivity contribution in [1.29, 1.82) is 0 Å². The third-order valence-electron chi connectivity index (χ3n) is 5.25. The first-order valence-electron chi connectivity index (χ1n) is 9.13. The summed E-state index contributed by atoms with van der Waals surface area (Å²) >= 11 is 0. The van der Waals surface area contributed by atoms with E-state index in [4.69, 9.17) is 0 Å². The first-order chi connectivity index (χ1) is 11.9. The van der Waals surface area contributed by atoms with Crippen LogP contribution < -0.4 is 5.32 Å². The Hall–Kier alpha value is -1.56. The van der Waals surface area contributed by atoms with Crippen LogP contribution in [0.2, 0.25) is 0 Å². The highest BCUT2D eigenvalue weighted by Gasteiger charge is 2.29. The van der Waals surface area contributed by atoms with Gasteiger partial charge in [-0.1, -0.05) is 38.8 Å². The van der Waals surface area contributed by atoms with Gasteiger partial charge in [0.15, 0.2) is 15.8 Å². The van der Waals surface area contributed by atoms with Crippen molar-refractivity contribution in [3.63, 3.8) is 0 Å². The van der Waals surface area contributed by atoms with Crippen LogP contribution in [0.5, 0.6) is 0 Å². The van der Waals surface area contributed by atoms with Crippen molar-refractivity contribution in [2.45, 2.75) is 44.6 Å². The number of aliphatic imine (C=N–C) groups is 1. The lowest BCUT2D eigenvalue weighted by atomic mass is 9.87. The summed E-state index contributed by atoms with van der Waals surface area (Å²) in [5.41, 5.74) is 1.05. The zero-order valence-corrected chi connectivity index (χ0v) is 16.6. The van der Waals surface area contributed by atoms with Gasteiger partial charge in [0.1, 0.15) is 0 Å². The summed E-state index contributed by atoms with van der Waals surface area (Å²) in [6, 6.07) is 7.03. The predicted molar refractivity (Wildman–Crippen MR) is 104 cm³/mol. The molecule has 1 aliphatic heterocycles. The van der Waals surface area contributed by atoms with Crippen molar-refractivity contribution in [1.82, 2.24) is 10.2 Å². The van der Waals surface area contributed by atoms with E-state index < -0.39 is 9.84 Å². The summed E-state index contributed by atoms with van der Waals surface area (Å²) in [7, 11) is -1.32. The zero-order chi connectivity index (χ0) is 18.4. The van der Waals surface area contributed by atoms with Crippen LogP contribution in [-0.2, 0) is 16.4 Å². The fourth-order valence-electron chi connectivity index (χ4n) is 3.69. The molecule has 1 fully saturated rings. The van der Waals surface area contributed by atoms with Gasteiger partial charge in [0.25, 0.3) is 0 Å². The molecule has 1 aromatic carbocycles. The van der Waals surface area contributed by atoms with Gasteiger partial charge >= 0.3 is 0 Å². The molecule has 6 heteroatoms. The van der Waals surface area contributed by atoms with E-state index in [0.29, 0.717) is 11.4 Å². The van der Waals surface area contributed by atoms with E-state index in [0.717, 1.165) is 36.4 Å². The average molecular weight is 366 g/mol. The lowest BCUT2D eigenvalue weighted by Crippen LogP contribution is -2.40. The molecular weight excluding hydrogens is 334 g/mol. The van der Waals surface area contributed by atoms with E-state index in [2.05, 4.69) is 29.1 Å². The van der Waals surface area contributed by atoms with Crippen LogP contribution >= 0.6 is 0 Å². The van der Waals surface area contributed by atoms with Crippen molar-refractivity contribution >= 4 is 15.8 Å². The maximum atomic E-state index is 11.5. The number of nitrogens with one attached hydrogen (secondary N) is 1. The Morgan fingerprint density at radius 2 is 1.92 bits per heavy atom. The molecule has 2 rings (SSSR count). The Kier molecular flexibility index (Phi) is 6.87. The van der Waals surface area contributed by atoms with Crippen LogP contribution in [0.15, 0.2) is 34.2 Å². The van der Waals surface area contributed by atoms with Gasteiger partial charge in [-0.05, 0) is 36.0 Å². The van der Waals surface area contributed by atoms with Gasteiger partial charge in [0, 0.05) is 32.9 Å². The Morgan fingerprint density at radius 3 is 2.44 bits per heavy atom. The van der Waals surface area contributed by atoms with Gasteiger partial charge in [-0.3, -0.25) is 4.99 Å². The summed E-state index contributed by atoms with van der Waals surface area (Å²) in [6.45, 7) is 7.32. The van der Waals surface area contributed by atoms with Crippen molar-refractivity contribution in [3.05, 3.63) is 29.8 Å². The Bertz CT molecular complexity index is 679. The topological polar surface area (TPSA) is 61.8 Å². The normalized spacial score (nSPS) is 18.8. The molecule has 140 valence electrons. The van der Waals surface area contributed by atoms with Gasteiger partial charge in [-0.2, -0.15) is 0 Å². The van der Waals surface area contributed by atoms with E-state index in [1.54, 1.807) is 12.1 Å². The maximum absolute atomic E-state index is 11.5. The summed E-state index contributed by atoms with van der Waals surface area (Å²) in [4.78, 5) is 7.12. The molecule has 0 saturated carbocycles. The molecule has 0 bridgehead atoms. The summed E-state index contributed by atoms with van der Waals surface area (Å²) < 4.78 is 23.0. The fourth-order valence-corrected chi connectivity index (χ4v) is 4.32. The first kappa shape index (κ1) is 19.8. The number of rotatable bonds is 6. The standard InChI is InChI=1S/C19H31N3O2S/c1-5-16(6-2)17-11-12-22(14-17)19(20-3)21-13-15-7-9-18(10-8-15)25(4,23)24/h7-10,16-17H,5-6,11-14H2,1-4H3,(H,20,21). The van der Waals surface area contributed by atoms with Crippen molar-refractivity contribution in [2.75, 3.05) is 26.4 Å². The second kappa shape index (κ2) is 8.70. The number of sulfone groups is 1. The highest BCUT2D eigenvalue weighted by molar-refractivity contribution is 7.90. The van der Waals surface area contributed by atoms with Gasteiger partial charge in [-0.25, -0.2) is 8.42 Å². The van der Waals surface area contributed by atoms with Crippen LogP contribution in [-0.4, -0.2) is 45.7 Å². The minimum atomic E-state index is -3.14. The highest BCUT2D eigenvalue weighted by Crippen LogP contribution is 2.28. The van der Waals surface area contributed by atoms with Crippen LogP contribution in [0.4, 0.5) is 0 Å². The summed E-state index contributed by atoms with van der Waals surface area (Å²) in [5, 5.41) is 3.41. The fraction of sp³-hybridized carbons (Fsp3) is 0.632. The number of hydrogen-bond donors (Lipinski definition) is 1. The molecule has 25 heavy (non-hydrogen) atoms. The molecule has 0 aliphatic carbocycles. The minimum absolute atomic E-state index is 0.355. The number of guanidine groups is 1. The Morgan fingerprint density at radius 1 is 1.28 bits per heavy atom. The average Bonchev–Trinajstić information content (AvgIpc) is 3.06. The molecular formula is C19H31N3O2S. The second-order valence-corrected chi connectivity index (χ2v) is 8.90. The highest BCUT2D eigenvalue weighted by atomic mass is 32.2. The van der Waals surface area contributed by atoms with Gasteiger partial charge in [0.05, 0.1) is 4.90 Å². The third-order valence-corrected chi connectivity index (χ3v) is 6.38. The van der Waals surface area contributed by atoms with E-state index >= 15 is 0 Å². The second-order valence-electron chi connectivity index (χ2n) is 6.89. The van der Waals surface area contributed by atoms with Crippen LogP contribution in [0.25, 0.3) is 0 Å². The molecule has 1 saturated heterocycles. The van der Waals surface area contributed by atoms with Crippen molar-refractivity contribution in [3.8, 4) is 0 Å². The number of nitrogens with zero attached hydrogens (tertiary/aromatic N) is 2. The largest absolute Gasteiger partial charge is 0.352 e. The van der Waals surface area contributed by atoms with E-state index in [1.807, 2.05) is 19.2 Å². The summed E-state index contributed by atoms with van der Waals surface area (Å²) in [5.74, 6) is 2.48. The smallest absolute Gasteiger partial charge is 0.193 e.